The minimum absolute atomic E-state index is 1.35. The molecule has 0 heterocycles. The predicted octanol–water partition coefficient (Wildman–Crippen LogP) is 1.77. The van der Waals surface area contributed by atoms with Gasteiger partial charge in [-0.2, -0.15) is 0 Å². The van der Waals surface area contributed by atoms with Crippen LogP contribution in [0, 0.1) is 20.8 Å². The number of benzene rings is 1. The Morgan fingerprint density at radius 2 is 1.00 bits per heavy atom. The average molecular weight is 210 g/mol. The number of rotatable bonds is 0. The summed E-state index contributed by atoms with van der Waals surface area (Å²) < 4.78 is 0. The number of aliphatic carboxylic acids is 2. The Balaban J connectivity index is 0.000000288. The monoisotopic (exact) mass is 210 g/mol. The molecule has 2 N–H and O–H groups in total. The predicted molar refractivity (Wildman–Crippen MR) is 55.9 cm³/mol. The topological polar surface area (TPSA) is 74.6 Å². The number of carboxylic acids is 2. The van der Waals surface area contributed by atoms with Crippen LogP contribution >= 0.6 is 0 Å². The third-order valence-electron chi connectivity index (χ3n) is 1.55. The molecule has 1 rings (SSSR count). The highest BCUT2D eigenvalue weighted by molar-refractivity contribution is 6.27. The molecule has 0 saturated carbocycles. The van der Waals surface area contributed by atoms with Crippen LogP contribution in [0.1, 0.15) is 16.7 Å². The summed E-state index contributed by atoms with van der Waals surface area (Å²) in [7, 11) is 0. The molecule has 1 aromatic carbocycles. The molecular formula is C11H14O4. The van der Waals surface area contributed by atoms with Gasteiger partial charge in [-0.15, -0.1) is 0 Å². The van der Waals surface area contributed by atoms with E-state index in [1.807, 2.05) is 0 Å². The van der Waals surface area contributed by atoms with Crippen LogP contribution in [0.25, 0.3) is 0 Å². The molecule has 0 bridgehead atoms. The van der Waals surface area contributed by atoms with Crippen LogP contribution in [0.5, 0.6) is 0 Å². The Morgan fingerprint density at radius 1 is 0.800 bits per heavy atom. The van der Waals surface area contributed by atoms with Crippen LogP contribution in [0.4, 0.5) is 0 Å². The fraction of sp³-hybridized carbons (Fsp3) is 0.273. The van der Waals surface area contributed by atoms with Crippen molar-refractivity contribution >= 4 is 11.9 Å². The molecule has 0 spiro atoms. The molecule has 0 aromatic heterocycles. The van der Waals surface area contributed by atoms with Gasteiger partial charge in [0.2, 0.25) is 0 Å². The first-order chi connectivity index (χ1) is 6.82. The Morgan fingerprint density at radius 3 is 1.13 bits per heavy atom. The molecule has 0 aliphatic carbocycles. The fourth-order valence-corrected chi connectivity index (χ4v) is 1.20. The van der Waals surface area contributed by atoms with Crippen LogP contribution in [-0.2, 0) is 9.59 Å². The maximum atomic E-state index is 9.10. The minimum atomic E-state index is -1.82. The van der Waals surface area contributed by atoms with Crippen molar-refractivity contribution in [3.8, 4) is 0 Å². The van der Waals surface area contributed by atoms with Gasteiger partial charge in [-0.1, -0.05) is 34.9 Å². The summed E-state index contributed by atoms with van der Waals surface area (Å²) in [4.78, 5) is 18.2. The number of carboxylic acid groups (broad SMARTS) is 2. The maximum Gasteiger partial charge on any atom is 0.414 e. The molecule has 4 nitrogen and oxygen atoms in total. The van der Waals surface area contributed by atoms with E-state index in [1.54, 1.807) is 0 Å². The summed E-state index contributed by atoms with van der Waals surface area (Å²) >= 11 is 0. The molecule has 0 aliphatic rings. The van der Waals surface area contributed by atoms with Gasteiger partial charge >= 0.3 is 11.9 Å². The fourth-order valence-electron chi connectivity index (χ4n) is 1.20. The Kier molecular flexibility index (Phi) is 5.09. The van der Waals surface area contributed by atoms with Crippen LogP contribution in [0.15, 0.2) is 18.2 Å². The Bertz CT molecular complexity index is 306. The van der Waals surface area contributed by atoms with Crippen LogP contribution in [0.3, 0.4) is 0 Å². The van der Waals surface area contributed by atoms with E-state index in [1.165, 1.54) is 16.7 Å². The highest BCUT2D eigenvalue weighted by Crippen LogP contribution is 2.06. The van der Waals surface area contributed by atoms with Gasteiger partial charge in [-0.25, -0.2) is 9.59 Å². The first-order valence-corrected chi connectivity index (χ1v) is 4.34. The summed E-state index contributed by atoms with van der Waals surface area (Å²) in [6, 6.07) is 6.56. The van der Waals surface area contributed by atoms with E-state index in [2.05, 4.69) is 39.0 Å². The van der Waals surface area contributed by atoms with Gasteiger partial charge in [-0.05, 0) is 20.8 Å². The number of carbonyl (C=O) groups is 2. The first-order valence-electron chi connectivity index (χ1n) is 4.34. The molecule has 82 valence electrons. The van der Waals surface area contributed by atoms with Gasteiger partial charge in [0, 0.05) is 0 Å². The maximum absolute atomic E-state index is 9.10. The molecule has 15 heavy (non-hydrogen) atoms. The second-order valence-corrected chi connectivity index (χ2v) is 3.28. The number of aryl methyl sites for hydroxylation is 3. The summed E-state index contributed by atoms with van der Waals surface area (Å²) in [5, 5.41) is 14.8. The molecular weight excluding hydrogens is 196 g/mol. The van der Waals surface area contributed by atoms with Crippen LogP contribution < -0.4 is 0 Å². The summed E-state index contributed by atoms with van der Waals surface area (Å²) in [6.07, 6.45) is 0. The standard InChI is InChI=1S/C9H12.C2H2O4/c1-7-4-8(2)6-9(3)5-7;3-1(4)2(5)6/h4-6H,1-3H3;(H,3,4)(H,5,6). The average Bonchev–Trinajstić information content (AvgIpc) is 2.01. The third kappa shape index (κ3) is 6.26. The Hall–Kier alpha value is -1.84. The molecule has 1 aromatic rings. The van der Waals surface area contributed by atoms with Crippen LogP contribution in [0.2, 0.25) is 0 Å². The molecule has 0 amide bonds. The molecule has 0 fully saturated rings. The van der Waals surface area contributed by atoms with Crippen molar-refractivity contribution in [1.29, 1.82) is 0 Å². The van der Waals surface area contributed by atoms with Crippen molar-refractivity contribution in [2.75, 3.05) is 0 Å². The lowest BCUT2D eigenvalue weighted by Crippen LogP contribution is -2.09. The van der Waals surface area contributed by atoms with Gasteiger partial charge in [-0.3, -0.25) is 0 Å². The van der Waals surface area contributed by atoms with Crippen molar-refractivity contribution in [3.63, 3.8) is 0 Å². The zero-order valence-corrected chi connectivity index (χ0v) is 8.94. The second-order valence-electron chi connectivity index (χ2n) is 3.28. The number of hydrogen-bond acceptors (Lipinski definition) is 2. The van der Waals surface area contributed by atoms with E-state index in [0.29, 0.717) is 0 Å². The van der Waals surface area contributed by atoms with E-state index in [4.69, 9.17) is 19.8 Å². The van der Waals surface area contributed by atoms with Crippen molar-refractivity contribution < 1.29 is 19.8 Å². The quantitative estimate of drug-likeness (QED) is 0.640. The zero-order chi connectivity index (χ0) is 12.0. The molecule has 0 atom stereocenters. The number of hydrogen-bond donors (Lipinski definition) is 2. The SMILES string of the molecule is Cc1cc(C)cc(C)c1.O=C(O)C(=O)O. The van der Waals surface area contributed by atoms with Gasteiger partial charge < -0.3 is 10.2 Å². The molecule has 0 radical (unpaired) electrons. The van der Waals surface area contributed by atoms with E-state index in [0.717, 1.165) is 0 Å². The van der Waals surface area contributed by atoms with Crippen molar-refractivity contribution in [2.45, 2.75) is 20.8 Å². The van der Waals surface area contributed by atoms with E-state index < -0.39 is 11.9 Å². The van der Waals surface area contributed by atoms with Crippen molar-refractivity contribution in [3.05, 3.63) is 34.9 Å². The lowest BCUT2D eigenvalue weighted by molar-refractivity contribution is -0.159. The van der Waals surface area contributed by atoms with Gasteiger partial charge in [0.15, 0.2) is 0 Å². The second kappa shape index (κ2) is 5.80. The Labute approximate surface area is 88.2 Å². The molecule has 0 aliphatic heterocycles. The lowest BCUT2D eigenvalue weighted by atomic mass is 10.1. The van der Waals surface area contributed by atoms with E-state index in [9.17, 15) is 0 Å². The lowest BCUT2D eigenvalue weighted by Gasteiger charge is -1.96. The summed E-state index contributed by atoms with van der Waals surface area (Å²) in [6.45, 7) is 6.38. The highest BCUT2D eigenvalue weighted by atomic mass is 16.4. The zero-order valence-electron chi connectivity index (χ0n) is 8.94. The highest BCUT2D eigenvalue weighted by Gasteiger charge is 2.04. The molecule has 0 saturated heterocycles. The first kappa shape index (κ1) is 13.2. The van der Waals surface area contributed by atoms with Gasteiger partial charge in [0.05, 0.1) is 0 Å². The normalized spacial score (nSPS) is 8.73. The van der Waals surface area contributed by atoms with Gasteiger partial charge in [0.25, 0.3) is 0 Å². The van der Waals surface area contributed by atoms with E-state index in [-0.39, 0.29) is 0 Å². The minimum Gasteiger partial charge on any atom is -0.473 e. The van der Waals surface area contributed by atoms with Crippen molar-refractivity contribution in [1.82, 2.24) is 0 Å². The smallest absolute Gasteiger partial charge is 0.414 e. The molecule has 4 heteroatoms. The van der Waals surface area contributed by atoms with Gasteiger partial charge in [0.1, 0.15) is 0 Å². The van der Waals surface area contributed by atoms with E-state index >= 15 is 0 Å². The summed E-state index contributed by atoms with van der Waals surface area (Å²) in [5.74, 6) is -3.65. The van der Waals surface area contributed by atoms with Crippen molar-refractivity contribution in [2.24, 2.45) is 0 Å². The van der Waals surface area contributed by atoms with Crippen LogP contribution in [-0.4, -0.2) is 22.2 Å². The third-order valence-corrected chi connectivity index (χ3v) is 1.55. The molecule has 0 unspecified atom stereocenters. The summed E-state index contributed by atoms with van der Waals surface area (Å²) in [5.41, 5.74) is 4.06. The largest absolute Gasteiger partial charge is 0.473 e.